The molecule has 14 heavy (non-hydrogen) atoms. The van der Waals surface area contributed by atoms with Crippen LogP contribution in [0.1, 0.15) is 12.8 Å². The van der Waals surface area contributed by atoms with E-state index in [0.717, 1.165) is 25.9 Å². The van der Waals surface area contributed by atoms with E-state index in [1.165, 1.54) is 5.04 Å². The van der Waals surface area contributed by atoms with Gasteiger partial charge in [-0.05, 0) is 38.4 Å². The van der Waals surface area contributed by atoms with Gasteiger partial charge in [-0.15, -0.1) is 11.8 Å². The Morgan fingerprint density at radius 3 is 2.71 bits per heavy atom. The SMILES string of the molecule is CSC1=NC(=S)NC12CCN(C)CC2. The molecule has 1 fully saturated rings. The van der Waals surface area contributed by atoms with Gasteiger partial charge in [0.25, 0.3) is 0 Å². The molecule has 1 saturated heterocycles. The quantitative estimate of drug-likeness (QED) is 0.630. The van der Waals surface area contributed by atoms with Gasteiger partial charge in [-0.2, -0.15) is 0 Å². The highest BCUT2D eigenvalue weighted by Gasteiger charge is 2.42. The summed E-state index contributed by atoms with van der Waals surface area (Å²) in [7, 11) is 2.16. The molecule has 1 spiro atoms. The highest BCUT2D eigenvalue weighted by molar-refractivity contribution is 8.13. The van der Waals surface area contributed by atoms with Crippen LogP contribution in [0, 0.1) is 0 Å². The van der Waals surface area contributed by atoms with Gasteiger partial charge in [0.2, 0.25) is 0 Å². The van der Waals surface area contributed by atoms with Crippen LogP contribution in [0.3, 0.4) is 0 Å². The molecule has 0 amide bonds. The molecule has 0 aliphatic carbocycles. The Morgan fingerprint density at radius 2 is 2.14 bits per heavy atom. The third kappa shape index (κ3) is 1.68. The van der Waals surface area contributed by atoms with Crippen LogP contribution in [-0.2, 0) is 0 Å². The topological polar surface area (TPSA) is 27.6 Å². The largest absolute Gasteiger partial charge is 0.349 e. The number of thioether (sulfide) groups is 1. The van der Waals surface area contributed by atoms with Crippen LogP contribution in [-0.4, -0.2) is 47.0 Å². The zero-order valence-corrected chi connectivity index (χ0v) is 10.2. The maximum absolute atomic E-state index is 5.12. The van der Waals surface area contributed by atoms with Crippen molar-refractivity contribution in [1.82, 2.24) is 10.2 Å². The fourth-order valence-electron chi connectivity index (χ4n) is 2.07. The molecule has 2 aliphatic heterocycles. The summed E-state index contributed by atoms with van der Waals surface area (Å²) in [4.78, 5) is 6.74. The minimum atomic E-state index is 0.0724. The van der Waals surface area contributed by atoms with E-state index in [4.69, 9.17) is 12.2 Å². The molecule has 2 rings (SSSR count). The molecule has 78 valence electrons. The molecule has 5 heteroatoms. The average Bonchev–Trinajstić information content (AvgIpc) is 2.48. The zero-order chi connectivity index (χ0) is 10.2. The number of piperidine rings is 1. The molecule has 2 aliphatic rings. The minimum Gasteiger partial charge on any atom is -0.349 e. The first-order chi connectivity index (χ1) is 6.66. The summed E-state index contributed by atoms with van der Waals surface area (Å²) in [6, 6.07) is 0. The van der Waals surface area contributed by atoms with Gasteiger partial charge in [0.15, 0.2) is 5.11 Å². The van der Waals surface area contributed by atoms with Crippen LogP contribution >= 0.6 is 24.0 Å². The highest BCUT2D eigenvalue weighted by atomic mass is 32.2. The number of aliphatic imine (C=N–C) groups is 1. The van der Waals surface area contributed by atoms with E-state index in [1.54, 1.807) is 11.8 Å². The molecule has 0 aromatic heterocycles. The van der Waals surface area contributed by atoms with Gasteiger partial charge >= 0.3 is 0 Å². The molecule has 0 unspecified atom stereocenters. The molecule has 0 aromatic rings. The summed E-state index contributed by atoms with van der Waals surface area (Å²) in [6.45, 7) is 2.24. The van der Waals surface area contributed by atoms with Crippen LogP contribution in [0.5, 0.6) is 0 Å². The van der Waals surface area contributed by atoms with Gasteiger partial charge in [0.1, 0.15) is 5.04 Å². The summed E-state index contributed by atoms with van der Waals surface area (Å²) in [5, 5.41) is 5.21. The smallest absolute Gasteiger partial charge is 0.194 e. The highest BCUT2D eigenvalue weighted by Crippen LogP contribution is 2.31. The third-order valence-electron chi connectivity index (χ3n) is 2.99. The number of nitrogens with one attached hydrogen (secondary N) is 1. The summed E-state index contributed by atoms with van der Waals surface area (Å²) in [6.07, 6.45) is 4.31. The normalized spacial score (nSPS) is 26.4. The van der Waals surface area contributed by atoms with Gasteiger partial charge in [0.05, 0.1) is 5.54 Å². The van der Waals surface area contributed by atoms with Gasteiger partial charge in [-0.25, -0.2) is 4.99 Å². The predicted octanol–water partition coefficient (Wildman–Crippen LogP) is 1.10. The average molecular weight is 229 g/mol. The van der Waals surface area contributed by atoms with Crippen molar-refractivity contribution in [3.8, 4) is 0 Å². The number of rotatable bonds is 0. The monoisotopic (exact) mass is 229 g/mol. The number of hydrogen-bond acceptors (Lipinski definition) is 3. The van der Waals surface area contributed by atoms with Crippen molar-refractivity contribution in [2.75, 3.05) is 26.4 Å². The number of hydrogen-bond donors (Lipinski definition) is 1. The Morgan fingerprint density at radius 1 is 1.50 bits per heavy atom. The maximum Gasteiger partial charge on any atom is 0.194 e. The maximum atomic E-state index is 5.12. The lowest BCUT2D eigenvalue weighted by molar-refractivity contribution is 0.223. The van der Waals surface area contributed by atoms with Crippen molar-refractivity contribution in [3.05, 3.63) is 0 Å². The molecule has 2 heterocycles. The molecule has 3 nitrogen and oxygen atoms in total. The Bertz CT molecular complexity index is 280. The second kappa shape index (κ2) is 3.79. The van der Waals surface area contributed by atoms with Crippen LogP contribution in [0.4, 0.5) is 0 Å². The van der Waals surface area contributed by atoms with Crippen molar-refractivity contribution >= 4 is 34.1 Å². The lowest BCUT2D eigenvalue weighted by Crippen LogP contribution is -2.54. The van der Waals surface area contributed by atoms with Crippen molar-refractivity contribution < 1.29 is 0 Å². The van der Waals surface area contributed by atoms with Gasteiger partial charge in [0, 0.05) is 13.1 Å². The standard InChI is InChI=1S/C9H15N3S2/c1-12-5-3-9(4-6-12)7(14-2)10-8(13)11-9/h3-6H2,1-2H3,(H,11,13). The Labute approximate surface area is 94.3 Å². The van der Waals surface area contributed by atoms with Crippen LogP contribution in [0.15, 0.2) is 4.99 Å². The Kier molecular flexibility index (Phi) is 2.81. The Hall–Kier alpha value is -0.130. The molecular formula is C9H15N3S2. The van der Waals surface area contributed by atoms with Crippen LogP contribution < -0.4 is 5.32 Å². The molecule has 0 bridgehead atoms. The van der Waals surface area contributed by atoms with Gasteiger partial charge in [-0.1, -0.05) is 0 Å². The summed E-state index contributed by atoms with van der Waals surface area (Å²) < 4.78 is 0. The van der Waals surface area contributed by atoms with E-state index in [1.807, 2.05) is 0 Å². The van der Waals surface area contributed by atoms with Gasteiger partial charge in [-0.3, -0.25) is 0 Å². The zero-order valence-electron chi connectivity index (χ0n) is 8.54. The lowest BCUT2D eigenvalue weighted by atomic mass is 9.89. The molecule has 1 N–H and O–H groups in total. The Balaban J connectivity index is 2.17. The van der Waals surface area contributed by atoms with Gasteiger partial charge < -0.3 is 10.2 Å². The fourth-order valence-corrected chi connectivity index (χ4v) is 3.24. The minimum absolute atomic E-state index is 0.0724. The fraction of sp³-hybridized carbons (Fsp3) is 0.778. The van der Waals surface area contributed by atoms with E-state index in [-0.39, 0.29) is 5.54 Å². The predicted molar refractivity (Wildman–Crippen MR) is 66.1 cm³/mol. The summed E-state index contributed by atoms with van der Waals surface area (Å²) in [5.41, 5.74) is 0.0724. The first kappa shape index (κ1) is 10.4. The summed E-state index contributed by atoms with van der Waals surface area (Å²) in [5.74, 6) is 0. The third-order valence-corrected chi connectivity index (χ3v) is 4.05. The first-order valence-electron chi connectivity index (χ1n) is 4.80. The molecule has 0 saturated carbocycles. The molecule has 0 aromatic carbocycles. The number of thiocarbonyl (C=S) groups is 1. The van der Waals surface area contributed by atoms with Crippen molar-refractivity contribution in [1.29, 1.82) is 0 Å². The molecular weight excluding hydrogens is 214 g/mol. The van der Waals surface area contributed by atoms with E-state index >= 15 is 0 Å². The number of nitrogens with zero attached hydrogens (tertiary/aromatic N) is 2. The second-order valence-electron chi connectivity index (χ2n) is 3.94. The van der Waals surface area contributed by atoms with Crippen molar-refractivity contribution in [2.45, 2.75) is 18.4 Å². The summed E-state index contributed by atoms with van der Waals surface area (Å²) >= 11 is 6.84. The van der Waals surface area contributed by atoms with E-state index in [0.29, 0.717) is 5.11 Å². The second-order valence-corrected chi connectivity index (χ2v) is 5.12. The van der Waals surface area contributed by atoms with E-state index in [2.05, 4.69) is 28.5 Å². The lowest BCUT2D eigenvalue weighted by Gasteiger charge is -2.38. The van der Waals surface area contributed by atoms with E-state index in [9.17, 15) is 0 Å². The first-order valence-corrected chi connectivity index (χ1v) is 6.43. The van der Waals surface area contributed by atoms with Crippen molar-refractivity contribution in [2.24, 2.45) is 4.99 Å². The van der Waals surface area contributed by atoms with Crippen LogP contribution in [0.2, 0.25) is 0 Å². The molecule has 0 radical (unpaired) electrons. The van der Waals surface area contributed by atoms with Crippen molar-refractivity contribution in [3.63, 3.8) is 0 Å². The van der Waals surface area contributed by atoms with Crippen LogP contribution in [0.25, 0.3) is 0 Å². The number of likely N-dealkylation sites (tertiary alicyclic amines) is 1. The molecule has 0 atom stereocenters. The van der Waals surface area contributed by atoms with E-state index < -0.39 is 0 Å².